The molecule has 2 aliphatic heterocycles. The average Bonchev–Trinajstić information content (AvgIpc) is 3.38. The van der Waals surface area contributed by atoms with E-state index in [4.69, 9.17) is 23.7 Å². The van der Waals surface area contributed by atoms with Crippen molar-refractivity contribution in [1.82, 2.24) is 15.2 Å². The molecule has 35 heavy (non-hydrogen) atoms. The molecule has 2 aromatic carbocycles. The predicted molar refractivity (Wildman–Crippen MR) is 130 cm³/mol. The van der Waals surface area contributed by atoms with Crippen LogP contribution in [0.4, 0.5) is 4.79 Å². The molecule has 0 bridgehead atoms. The Hall–Kier alpha value is -3.56. The molecule has 1 N–H and O–H groups in total. The van der Waals surface area contributed by atoms with Gasteiger partial charge in [0.25, 0.3) is 0 Å². The van der Waals surface area contributed by atoms with Crippen LogP contribution in [-0.2, 0) is 11.2 Å². The van der Waals surface area contributed by atoms with Crippen LogP contribution in [0, 0.1) is 0 Å². The van der Waals surface area contributed by atoms with Gasteiger partial charge in [-0.15, -0.1) is 0 Å². The van der Waals surface area contributed by atoms with Crippen molar-refractivity contribution in [3.05, 3.63) is 48.2 Å². The fourth-order valence-electron chi connectivity index (χ4n) is 4.32. The number of amides is 1. The first kappa shape index (κ1) is 23.2. The van der Waals surface area contributed by atoms with Gasteiger partial charge >= 0.3 is 6.09 Å². The van der Waals surface area contributed by atoms with E-state index in [1.54, 1.807) is 30.5 Å². The molecule has 1 saturated heterocycles. The largest absolute Gasteiger partial charge is 0.490 e. The number of carbonyl (C=O) groups excluding carboxylic acids is 1. The van der Waals surface area contributed by atoms with Crippen molar-refractivity contribution in [3.63, 3.8) is 0 Å². The van der Waals surface area contributed by atoms with E-state index in [-0.39, 0.29) is 0 Å². The van der Waals surface area contributed by atoms with Gasteiger partial charge in [0.15, 0.2) is 11.5 Å². The zero-order valence-electron chi connectivity index (χ0n) is 19.7. The standard InChI is InChI=1S/C26H29N3O6/c1-27-26(30)35-19-5-3-18(4-6-19)34-22-7-9-28-21-17-23(25-20(24(21)22)8-14-33-25)32-13-2-10-29-11-15-31-16-12-29/h3-7,9,17H,2,8,10-16H2,1H3,(H,27,30). The second-order valence-electron chi connectivity index (χ2n) is 8.35. The van der Waals surface area contributed by atoms with Gasteiger partial charge in [0.1, 0.15) is 17.2 Å². The number of nitrogens with zero attached hydrogens (tertiary/aromatic N) is 2. The molecule has 2 aliphatic rings. The maximum Gasteiger partial charge on any atom is 0.412 e. The zero-order chi connectivity index (χ0) is 24.0. The molecule has 0 aliphatic carbocycles. The Morgan fingerprint density at radius 3 is 2.69 bits per heavy atom. The van der Waals surface area contributed by atoms with Crippen molar-refractivity contribution in [2.45, 2.75) is 12.8 Å². The Labute approximate surface area is 203 Å². The van der Waals surface area contributed by atoms with E-state index in [1.807, 2.05) is 12.1 Å². The number of nitrogens with one attached hydrogen (secondary N) is 1. The normalized spacial score (nSPS) is 15.3. The number of rotatable bonds is 8. The summed E-state index contributed by atoms with van der Waals surface area (Å²) in [5, 5.41) is 3.34. The second-order valence-corrected chi connectivity index (χ2v) is 8.35. The fraction of sp³-hybridized carbons (Fsp3) is 0.385. The smallest absolute Gasteiger partial charge is 0.412 e. The molecule has 3 aromatic rings. The lowest BCUT2D eigenvalue weighted by atomic mass is 10.0. The summed E-state index contributed by atoms with van der Waals surface area (Å²) in [6, 6.07) is 10.7. The van der Waals surface area contributed by atoms with Gasteiger partial charge in [0.2, 0.25) is 0 Å². The van der Waals surface area contributed by atoms with E-state index in [9.17, 15) is 4.79 Å². The van der Waals surface area contributed by atoms with Crippen LogP contribution in [0.2, 0.25) is 0 Å². The zero-order valence-corrected chi connectivity index (χ0v) is 19.7. The first-order valence-corrected chi connectivity index (χ1v) is 11.9. The van der Waals surface area contributed by atoms with E-state index in [0.717, 1.165) is 73.7 Å². The summed E-state index contributed by atoms with van der Waals surface area (Å²) in [5.41, 5.74) is 1.85. The number of hydrogen-bond donors (Lipinski definition) is 1. The summed E-state index contributed by atoms with van der Waals surface area (Å²) in [5.74, 6) is 3.25. The van der Waals surface area contributed by atoms with Gasteiger partial charge < -0.3 is 29.0 Å². The summed E-state index contributed by atoms with van der Waals surface area (Å²) < 4.78 is 28.9. The number of pyridine rings is 1. The topological polar surface area (TPSA) is 91.4 Å². The molecule has 0 unspecified atom stereocenters. The van der Waals surface area contributed by atoms with Crippen LogP contribution in [0.1, 0.15) is 12.0 Å². The average molecular weight is 480 g/mol. The number of fused-ring (bicyclic) bond motifs is 3. The minimum atomic E-state index is -0.520. The fourth-order valence-corrected chi connectivity index (χ4v) is 4.32. The summed E-state index contributed by atoms with van der Waals surface area (Å²) in [6.07, 6.45) is 2.90. The van der Waals surface area contributed by atoms with Crippen LogP contribution in [0.3, 0.4) is 0 Å². The van der Waals surface area contributed by atoms with E-state index in [2.05, 4.69) is 15.2 Å². The highest BCUT2D eigenvalue weighted by Crippen LogP contribution is 2.44. The van der Waals surface area contributed by atoms with Crippen LogP contribution in [0.15, 0.2) is 42.6 Å². The summed E-state index contributed by atoms with van der Waals surface area (Å²) in [4.78, 5) is 18.4. The SMILES string of the molecule is CNC(=O)Oc1ccc(Oc2ccnc3cc(OCCCN4CCOCC4)c4c(c23)CCO4)cc1. The van der Waals surface area contributed by atoms with E-state index >= 15 is 0 Å². The number of ether oxygens (including phenoxy) is 5. The molecule has 0 radical (unpaired) electrons. The highest BCUT2D eigenvalue weighted by Gasteiger charge is 2.24. The molecule has 9 nitrogen and oxygen atoms in total. The summed E-state index contributed by atoms with van der Waals surface area (Å²) in [7, 11) is 1.51. The Morgan fingerprint density at radius 2 is 1.89 bits per heavy atom. The minimum absolute atomic E-state index is 0.431. The Morgan fingerprint density at radius 1 is 1.09 bits per heavy atom. The van der Waals surface area contributed by atoms with E-state index < -0.39 is 6.09 Å². The Kier molecular flexibility index (Phi) is 7.15. The molecular weight excluding hydrogens is 450 g/mol. The number of aromatic nitrogens is 1. The monoisotopic (exact) mass is 479 g/mol. The molecule has 0 spiro atoms. The molecular formula is C26H29N3O6. The van der Waals surface area contributed by atoms with Crippen LogP contribution in [-0.4, -0.2) is 69.1 Å². The number of morpholine rings is 1. The molecule has 0 saturated carbocycles. The Balaban J connectivity index is 1.31. The van der Waals surface area contributed by atoms with Gasteiger partial charge in [-0.3, -0.25) is 9.88 Å². The van der Waals surface area contributed by atoms with E-state index in [0.29, 0.717) is 30.5 Å². The van der Waals surface area contributed by atoms with Crippen LogP contribution in [0.5, 0.6) is 28.7 Å². The van der Waals surface area contributed by atoms with Gasteiger partial charge in [0, 0.05) is 50.9 Å². The minimum Gasteiger partial charge on any atom is -0.490 e. The van der Waals surface area contributed by atoms with Gasteiger partial charge in [0.05, 0.1) is 37.3 Å². The molecule has 9 heteroatoms. The van der Waals surface area contributed by atoms with Gasteiger partial charge in [-0.1, -0.05) is 0 Å². The van der Waals surface area contributed by atoms with Crippen molar-refractivity contribution in [2.75, 3.05) is 53.1 Å². The lowest BCUT2D eigenvalue weighted by Crippen LogP contribution is -2.37. The lowest BCUT2D eigenvalue weighted by molar-refractivity contribution is 0.0357. The van der Waals surface area contributed by atoms with Crippen molar-refractivity contribution < 1.29 is 28.5 Å². The van der Waals surface area contributed by atoms with Crippen LogP contribution >= 0.6 is 0 Å². The van der Waals surface area contributed by atoms with Gasteiger partial charge in [-0.2, -0.15) is 0 Å². The third kappa shape index (κ3) is 5.41. The molecule has 3 heterocycles. The third-order valence-electron chi connectivity index (χ3n) is 6.05. The van der Waals surface area contributed by atoms with Gasteiger partial charge in [-0.05, 0) is 36.8 Å². The highest BCUT2D eigenvalue weighted by atomic mass is 16.6. The van der Waals surface area contributed by atoms with Crippen LogP contribution in [0.25, 0.3) is 10.9 Å². The number of carbonyl (C=O) groups is 1. The van der Waals surface area contributed by atoms with Crippen molar-refractivity contribution in [3.8, 4) is 28.7 Å². The molecule has 5 rings (SSSR count). The Bertz CT molecular complexity index is 1180. The van der Waals surface area contributed by atoms with Crippen molar-refractivity contribution in [1.29, 1.82) is 0 Å². The first-order chi connectivity index (χ1) is 17.2. The predicted octanol–water partition coefficient (Wildman–Crippen LogP) is 3.78. The maximum atomic E-state index is 11.4. The highest BCUT2D eigenvalue weighted by molar-refractivity contribution is 5.92. The summed E-state index contributed by atoms with van der Waals surface area (Å²) in [6.45, 7) is 5.75. The summed E-state index contributed by atoms with van der Waals surface area (Å²) >= 11 is 0. The number of hydrogen-bond acceptors (Lipinski definition) is 8. The number of benzene rings is 2. The lowest BCUT2D eigenvalue weighted by Gasteiger charge is -2.26. The first-order valence-electron chi connectivity index (χ1n) is 11.9. The maximum absolute atomic E-state index is 11.4. The third-order valence-corrected chi connectivity index (χ3v) is 6.05. The molecule has 1 amide bonds. The van der Waals surface area contributed by atoms with Crippen molar-refractivity contribution >= 4 is 17.0 Å². The second kappa shape index (κ2) is 10.8. The van der Waals surface area contributed by atoms with Crippen LogP contribution < -0.4 is 24.3 Å². The quantitative estimate of drug-likeness (QED) is 0.488. The van der Waals surface area contributed by atoms with Crippen molar-refractivity contribution in [2.24, 2.45) is 0 Å². The molecule has 1 fully saturated rings. The molecule has 0 atom stereocenters. The van der Waals surface area contributed by atoms with E-state index in [1.165, 1.54) is 7.05 Å². The molecule has 1 aromatic heterocycles. The van der Waals surface area contributed by atoms with Gasteiger partial charge in [-0.25, -0.2) is 4.79 Å². The molecule has 184 valence electrons.